The Labute approximate surface area is 470 Å². The number of anilines is 1. The van der Waals surface area contributed by atoms with E-state index in [1.165, 1.54) is 6.92 Å². The number of aryl methyl sites for hydroxylation is 1. The standard InChI is InChI=1S/C60H95Cl2N3O12/c1-12-46(56(70)64-33-32-63-51(67)17-15-16-44-19-21-45(22-20-44)65(34-30-61)35-31-62)48-23-18-37(4)54(74-48)41(8)52(68)40(7)53(69)47(13-2)55-38(5)36-39(6)59(75-55)27-25-50(73-43(10)66)60(77-59)29-28-57(11,76-60)49-24-26-58(71,14-3)42(9)72-49/h19-22,25,27,37-42,46-50,52,54-55,68,71H,12-18,23-24,26,28-36H2,1-11H3,(H,63,67)(H,64,70)/t37-,38?,39?,40-,41?,42?,46?,47-,48+,49+,50+,52?,54+,55-,57-,58+,59-,60-/m0/s1. The van der Waals surface area contributed by atoms with Gasteiger partial charge >= 0.3 is 5.97 Å². The lowest BCUT2D eigenvalue weighted by atomic mass is 9.72. The van der Waals surface area contributed by atoms with Gasteiger partial charge in [-0.25, -0.2) is 0 Å². The number of esters is 1. The fourth-order valence-electron chi connectivity index (χ4n) is 13.3. The Morgan fingerprint density at radius 1 is 0.857 bits per heavy atom. The average molecular weight is 1120 g/mol. The van der Waals surface area contributed by atoms with Gasteiger partial charge in [0.25, 0.3) is 0 Å². The number of benzene rings is 1. The molecule has 2 amide bonds. The van der Waals surface area contributed by atoms with Crippen molar-refractivity contribution in [1.29, 1.82) is 0 Å². The molecule has 6 unspecified atom stereocenters. The maximum absolute atomic E-state index is 14.9. The molecule has 0 radical (unpaired) electrons. The zero-order chi connectivity index (χ0) is 56.5. The average Bonchev–Trinajstić information content (AvgIpc) is 3.75. The van der Waals surface area contributed by atoms with Crippen molar-refractivity contribution >= 4 is 52.5 Å². The summed E-state index contributed by atoms with van der Waals surface area (Å²) in [5, 5.41) is 29.3. The van der Waals surface area contributed by atoms with Gasteiger partial charge in [-0.1, -0.05) is 67.5 Å². The van der Waals surface area contributed by atoms with Crippen LogP contribution in [0.1, 0.15) is 159 Å². The molecule has 0 aliphatic carbocycles. The van der Waals surface area contributed by atoms with Gasteiger partial charge in [0.05, 0.1) is 53.7 Å². The van der Waals surface area contributed by atoms with Crippen molar-refractivity contribution in [3.63, 3.8) is 0 Å². The second-order valence-corrected chi connectivity index (χ2v) is 24.4. The number of hydrogen-bond donors (Lipinski definition) is 4. The minimum absolute atomic E-state index is 0.0359. The molecule has 6 rings (SSSR count). The van der Waals surface area contributed by atoms with Gasteiger partial charge in [0, 0.05) is 87.1 Å². The number of rotatable bonds is 25. The molecule has 1 aromatic rings. The van der Waals surface area contributed by atoms with E-state index in [0.29, 0.717) is 95.5 Å². The highest BCUT2D eigenvalue weighted by molar-refractivity contribution is 6.18. The quantitative estimate of drug-likeness (QED) is 0.0314. The molecule has 5 aliphatic heterocycles. The molecule has 4 saturated heterocycles. The number of hydrogen-bond acceptors (Lipinski definition) is 13. The van der Waals surface area contributed by atoms with E-state index in [-0.39, 0.29) is 47.6 Å². The van der Waals surface area contributed by atoms with Crippen molar-refractivity contribution < 1.29 is 57.8 Å². The third-order valence-corrected chi connectivity index (χ3v) is 18.7. The number of nitrogens with zero attached hydrogens (tertiary/aromatic N) is 1. The number of halogens is 2. The maximum Gasteiger partial charge on any atom is 0.303 e. The van der Waals surface area contributed by atoms with E-state index in [4.69, 9.17) is 51.6 Å². The van der Waals surface area contributed by atoms with E-state index < -0.39 is 82.9 Å². The van der Waals surface area contributed by atoms with Crippen molar-refractivity contribution in [3.05, 3.63) is 42.0 Å². The molecule has 0 aromatic heterocycles. The molecule has 17 heteroatoms. The van der Waals surface area contributed by atoms with Gasteiger partial charge in [-0.05, 0) is 126 Å². The summed E-state index contributed by atoms with van der Waals surface area (Å²) in [6, 6.07) is 8.28. The van der Waals surface area contributed by atoms with Crippen LogP contribution < -0.4 is 15.5 Å². The van der Waals surface area contributed by atoms with E-state index in [1.807, 2.05) is 53.7 Å². The Bertz CT molecular complexity index is 2130. The monoisotopic (exact) mass is 1120 g/mol. The number of amides is 2. The first kappa shape index (κ1) is 63.3. The number of nitrogens with one attached hydrogen (secondary N) is 2. The highest BCUT2D eigenvalue weighted by Gasteiger charge is 2.64. The number of ketones is 1. The van der Waals surface area contributed by atoms with Crippen LogP contribution in [0, 0.1) is 41.4 Å². The van der Waals surface area contributed by atoms with E-state index in [9.17, 15) is 29.4 Å². The molecule has 5 aliphatic rings. The minimum atomic E-state index is -1.40. The van der Waals surface area contributed by atoms with Crippen molar-refractivity contribution in [2.45, 2.75) is 225 Å². The van der Waals surface area contributed by atoms with Gasteiger partial charge in [-0.15, -0.1) is 23.2 Å². The lowest BCUT2D eigenvalue weighted by Gasteiger charge is -2.54. The molecule has 77 heavy (non-hydrogen) atoms. The molecule has 15 nitrogen and oxygen atoms in total. The third-order valence-electron chi connectivity index (χ3n) is 18.4. The number of aliphatic hydroxyl groups is 2. The third kappa shape index (κ3) is 14.8. The van der Waals surface area contributed by atoms with Crippen LogP contribution in [0.15, 0.2) is 36.4 Å². The zero-order valence-corrected chi connectivity index (χ0v) is 49.7. The molecule has 5 heterocycles. The Kier molecular flexibility index (Phi) is 22.8. The summed E-state index contributed by atoms with van der Waals surface area (Å²) >= 11 is 11.9. The molecular formula is C60H95Cl2N3O12. The topological polar surface area (TPSA) is 191 Å². The Hall–Kier alpha value is -2.86. The Balaban J connectivity index is 1.03. The largest absolute Gasteiger partial charge is 0.453 e. The van der Waals surface area contributed by atoms with Gasteiger partial charge in [0.2, 0.25) is 17.6 Å². The van der Waals surface area contributed by atoms with Gasteiger partial charge in [-0.2, -0.15) is 0 Å². The molecule has 436 valence electrons. The second-order valence-electron chi connectivity index (χ2n) is 23.7. The van der Waals surface area contributed by atoms with E-state index in [1.54, 1.807) is 6.92 Å². The van der Waals surface area contributed by atoms with Gasteiger partial charge < -0.3 is 54.2 Å². The summed E-state index contributed by atoms with van der Waals surface area (Å²) in [7, 11) is 0. The lowest BCUT2D eigenvalue weighted by Crippen LogP contribution is -2.63. The SMILES string of the molecule is CCC(C(=O)NCCNC(=O)CCCc1ccc(N(CCCl)CCCl)cc1)[C@H]1CC[C@H](C)[C@H](C(C)C(O)[C@H](C)C(=O)[C@H](CC)[C@H]2O[C@]3(C=C[C@@H](OC(C)=O)[C@]4(CC[C@@](C)([C@H]5CC[C@](O)(CC)C(C)O5)O4)O3)C(C)CC2C)O1. The molecule has 4 fully saturated rings. The summed E-state index contributed by atoms with van der Waals surface area (Å²) in [6.45, 7) is 23.2. The van der Waals surface area contributed by atoms with Crippen LogP contribution in [-0.4, -0.2) is 137 Å². The van der Waals surface area contributed by atoms with Crippen LogP contribution in [0.5, 0.6) is 0 Å². The van der Waals surface area contributed by atoms with E-state index >= 15 is 0 Å². The first-order chi connectivity index (χ1) is 36.5. The second kappa shape index (κ2) is 27.7. The molecule has 2 spiro atoms. The van der Waals surface area contributed by atoms with Gasteiger partial charge in [0.15, 0.2) is 11.9 Å². The number of aliphatic hydroxyl groups excluding tert-OH is 1. The first-order valence-electron chi connectivity index (χ1n) is 29.2. The number of carbonyl (C=O) groups excluding carboxylic acids is 4. The van der Waals surface area contributed by atoms with E-state index in [0.717, 1.165) is 37.2 Å². The van der Waals surface area contributed by atoms with Crippen LogP contribution >= 0.6 is 23.2 Å². The highest BCUT2D eigenvalue weighted by Crippen LogP contribution is 2.55. The van der Waals surface area contributed by atoms with Crippen molar-refractivity contribution in [1.82, 2.24) is 10.6 Å². The van der Waals surface area contributed by atoms with Gasteiger partial charge in [-0.3, -0.25) is 19.2 Å². The van der Waals surface area contributed by atoms with Crippen LogP contribution in [0.2, 0.25) is 0 Å². The lowest BCUT2D eigenvalue weighted by molar-refractivity contribution is -0.409. The molecular weight excluding hydrogens is 1030 g/mol. The summed E-state index contributed by atoms with van der Waals surface area (Å²) < 4.78 is 40.5. The molecule has 0 saturated carbocycles. The van der Waals surface area contributed by atoms with E-state index in [2.05, 4.69) is 60.6 Å². The fourth-order valence-corrected chi connectivity index (χ4v) is 13.7. The molecule has 0 bridgehead atoms. The summed E-state index contributed by atoms with van der Waals surface area (Å²) in [6.07, 6.45) is 7.41. The molecule has 18 atom stereocenters. The number of ether oxygens (including phenoxy) is 6. The number of Topliss-reactive ketones (excluding diaryl/α,β-unsaturated/α-hetero) is 1. The van der Waals surface area contributed by atoms with Crippen molar-refractivity contribution in [2.24, 2.45) is 41.4 Å². The first-order valence-corrected chi connectivity index (χ1v) is 30.3. The summed E-state index contributed by atoms with van der Waals surface area (Å²) in [5.74, 6) is -4.74. The number of alkyl halides is 2. The molecule has 4 N–H and O–H groups in total. The predicted octanol–water partition coefficient (Wildman–Crippen LogP) is 9.21. The van der Waals surface area contributed by atoms with Gasteiger partial charge in [0.1, 0.15) is 5.78 Å². The highest BCUT2D eigenvalue weighted by atomic mass is 35.5. The van der Waals surface area contributed by atoms with Crippen LogP contribution in [0.3, 0.4) is 0 Å². The summed E-state index contributed by atoms with van der Waals surface area (Å²) in [4.78, 5) is 56.0. The van der Waals surface area contributed by atoms with Crippen molar-refractivity contribution in [3.8, 4) is 0 Å². The molecule has 1 aromatic carbocycles. The normalized spacial score (nSPS) is 35.2. The van der Waals surface area contributed by atoms with Crippen LogP contribution in [0.4, 0.5) is 5.69 Å². The van der Waals surface area contributed by atoms with Crippen LogP contribution in [-0.2, 0) is 54.0 Å². The Morgan fingerprint density at radius 3 is 2.16 bits per heavy atom. The minimum Gasteiger partial charge on any atom is -0.453 e. The zero-order valence-electron chi connectivity index (χ0n) is 48.2. The predicted molar refractivity (Wildman–Crippen MR) is 300 cm³/mol. The fraction of sp³-hybridized carbons (Fsp3) is 0.800. The maximum atomic E-state index is 14.9. The Morgan fingerprint density at radius 2 is 1.53 bits per heavy atom. The van der Waals surface area contributed by atoms with Crippen LogP contribution in [0.25, 0.3) is 0 Å². The smallest absolute Gasteiger partial charge is 0.303 e. The number of carbonyl (C=O) groups is 4. The summed E-state index contributed by atoms with van der Waals surface area (Å²) in [5.41, 5.74) is 0.487. The van der Waals surface area contributed by atoms with Crippen molar-refractivity contribution in [2.75, 3.05) is 42.8 Å².